The van der Waals surface area contributed by atoms with Crippen molar-refractivity contribution in [3.8, 4) is 0 Å². The molecule has 0 atom stereocenters. The average Bonchev–Trinajstić information content (AvgIpc) is 2.88. The largest absolute Gasteiger partial charge is 0.0622 e. The fraction of sp³-hybridized carbons (Fsp3) is 0. The van der Waals surface area contributed by atoms with Gasteiger partial charge in [0, 0.05) is 0 Å². The maximum atomic E-state index is 2.17. The molecule has 0 saturated carbocycles. The first kappa shape index (κ1) is 21.1. The Morgan fingerprint density at radius 2 is 0.562 bits per heavy atom. The lowest BCUT2D eigenvalue weighted by Crippen LogP contribution is -1.86. The average molecular weight is 411 g/mol. The Balaban J connectivity index is 1.58. The zero-order chi connectivity index (χ0) is 21.8. The van der Waals surface area contributed by atoms with Crippen LogP contribution < -0.4 is 0 Å². The Hall–Kier alpha value is -4.16. The molecule has 0 heteroatoms. The van der Waals surface area contributed by atoms with Crippen molar-refractivity contribution < 1.29 is 0 Å². The van der Waals surface area contributed by atoms with E-state index in [1.165, 1.54) is 33.4 Å². The second-order valence-corrected chi connectivity index (χ2v) is 7.39. The third kappa shape index (κ3) is 5.71. The minimum absolute atomic E-state index is 1.21. The summed E-state index contributed by atoms with van der Waals surface area (Å²) in [6, 6.07) is 42.0. The molecular formula is C32H26. The first-order valence-electron chi connectivity index (χ1n) is 10.9. The van der Waals surface area contributed by atoms with Crippen LogP contribution in [0, 0.1) is 0 Å². The van der Waals surface area contributed by atoms with Crippen LogP contribution in [0.25, 0.3) is 11.1 Å². The molecule has 4 aromatic carbocycles. The lowest BCUT2D eigenvalue weighted by molar-refractivity contribution is 1.54. The Morgan fingerprint density at radius 1 is 0.312 bits per heavy atom. The number of hydrogen-bond donors (Lipinski definition) is 0. The van der Waals surface area contributed by atoms with Crippen molar-refractivity contribution in [2.24, 2.45) is 0 Å². The van der Waals surface area contributed by atoms with E-state index >= 15 is 0 Å². The van der Waals surface area contributed by atoms with Gasteiger partial charge in [0.25, 0.3) is 0 Å². The third-order valence-electron chi connectivity index (χ3n) is 5.20. The molecule has 0 fully saturated rings. The van der Waals surface area contributed by atoms with E-state index in [1.54, 1.807) is 0 Å². The summed E-state index contributed by atoms with van der Waals surface area (Å²) in [7, 11) is 0. The van der Waals surface area contributed by atoms with E-state index < -0.39 is 0 Å². The topological polar surface area (TPSA) is 0 Å². The lowest BCUT2D eigenvalue weighted by Gasteiger charge is -2.07. The molecule has 0 unspecified atom stereocenters. The molecule has 4 rings (SSSR count). The summed E-state index contributed by atoms with van der Waals surface area (Å²) in [5.41, 5.74) is 7.26. The Morgan fingerprint density at radius 3 is 0.812 bits per heavy atom. The summed E-state index contributed by atoms with van der Waals surface area (Å²) in [5.74, 6) is 0. The van der Waals surface area contributed by atoms with Crippen LogP contribution in [0.5, 0.6) is 0 Å². The molecule has 0 spiro atoms. The van der Waals surface area contributed by atoms with Crippen LogP contribution in [0.1, 0.15) is 22.3 Å². The highest BCUT2D eigenvalue weighted by molar-refractivity contribution is 5.81. The summed E-state index contributed by atoms with van der Waals surface area (Å²) in [6.45, 7) is 0. The van der Waals surface area contributed by atoms with Gasteiger partial charge in [-0.1, -0.05) is 158 Å². The van der Waals surface area contributed by atoms with Crippen LogP contribution in [0.3, 0.4) is 0 Å². The second kappa shape index (κ2) is 11.3. The van der Waals surface area contributed by atoms with Gasteiger partial charge in [0.15, 0.2) is 0 Å². The van der Waals surface area contributed by atoms with Gasteiger partial charge in [-0.15, -0.1) is 0 Å². The van der Waals surface area contributed by atoms with E-state index in [0.29, 0.717) is 0 Å². The van der Waals surface area contributed by atoms with Crippen molar-refractivity contribution in [1.82, 2.24) is 0 Å². The maximum Gasteiger partial charge on any atom is -0.0111 e. The van der Waals surface area contributed by atoms with Crippen molar-refractivity contribution >= 4 is 11.1 Å². The van der Waals surface area contributed by atoms with Gasteiger partial charge < -0.3 is 0 Å². The van der Waals surface area contributed by atoms with Crippen molar-refractivity contribution in [3.05, 3.63) is 180 Å². The zero-order valence-electron chi connectivity index (χ0n) is 18.0. The Kier molecular flexibility index (Phi) is 7.44. The molecule has 0 radical (unpaired) electrons. The molecule has 0 N–H and O–H groups in total. The molecule has 0 aliphatic carbocycles. The molecule has 4 aromatic rings. The van der Waals surface area contributed by atoms with Crippen molar-refractivity contribution in [2.75, 3.05) is 0 Å². The van der Waals surface area contributed by atoms with E-state index in [4.69, 9.17) is 0 Å². The van der Waals surface area contributed by atoms with Crippen LogP contribution in [0.15, 0.2) is 158 Å². The summed E-state index contributed by atoms with van der Waals surface area (Å²) < 4.78 is 0. The molecule has 0 aromatic heterocycles. The maximum absolute atomic E-state index is 2.17. The molecule has 0 aliphatic heterocycles. The van der Waals surface area contributed by atoms with Gasteiger partial charge in [0.2, 0.25) is 0 Å². The quantitative estimate of drug-likeness (QED) is 0.268. The monoisotopic (exact) mass is 410 g/mol. The molecule has 0 amide bonds. The normalized spacial score (nSPS) is 10.9. The summed E-state index contributed by atoms with van der Waals surface area (Å²) >= 11 is 0. The summed E-state index contributed by atoms with van der Waals surface area (Å²) in [6.07, 6.45) is 12.7. The molecule has 0 heterocycles. The van der Waals surface area contributed by atoms with Crippen LogP contribution in [-0.2, 0) is 0 Å². The van der Waals surface area contributed by atoms with Gasteiger partial charge in [-0.3, -0.25) is 0 Å². The molecule has 0 bridgehead atoms. The summed E-state index contributed by atoms with van der Waals surface area (Å²) in [5, 5.41) is 0. The highest BCUT2D eigenvalue weighted by atomic mass is 14.1. The van der Waals surface area contributed by atoms with E-state index in [9.17, 15) is 0 Å². The zero-order valence-corrected chi connectivity index (χ0v) is 18.0. The molecule has 32 heavy (non-hydrogen) atoms. The first-order chi connectivity index (χ1) is 15.9. The third-order valence-corrected chi connectivity index (χ3v) is 5.20. The van der Waals surface area contributed by atoms with Crippen molar-refractivity contribution in [1.29, 1.82) is 0 Å². The number of hydrogen-bond acceptors (Lipinski definition) is 0. The molecule has 0 aliphatic rings. The van der Waals surface area contributed by atoms with Crippen LogP contribution in [0.4, 0.5) is 0 Å². The minimum Gasteiger partial charge on any atom is -0.0622 e. The minimum atomic E-state index is 1.21. The van der Waals surface area contributed by atoms with Crippen LogP contribution >= 0.6 is 0 Å². The van der Waals surface area contributed by atoms with E-state index in [1.807, 2.05) is 24.3 Å². The van der Waals surface area contributed by atoms with Gasteiger partial charge in [-0.25, -0.2) is 0 Å². The second-order valence-electron chi connectivity index (χ2n) is 7.39. The van der Waals surface area contributed by atoms with Gasteiger partial charge in [-0.05, 0) is 33.4 Å². The summed E-state index contributed by atoms with van der Waals surface area (Å²) in [4.78, 5) is 0. The van der Waals surface area contributed by atoms with Crippen molar-refractivity contribution in [2.45, 2.75) is 0 Å². The smallest absolute Gasteiger partial charge is 0.0111 e. The van der Waals surface area contributed by atoms with Gasteiger partial charge in [-0.2, -0.15) is 0 Å². The number of allylic oxidation sites excluding steroid dienone is 6. The fourth-order valence-corrected chi connectivity index (χ4v) is 3.62. The molecular weight excluding hydrogens is 384 g/mol. The van der Waals surface area contributed by atoms with Crippen LogP contribution in [-0.4, -0.2) is 0 Å². The molecule has 154 valence electrons. The predicted molar refractivity (Wildman–Crippen MR) is 138 cm³/mol. The SMILES string of the molecule is C(C=CC=C(c1ccccc1)c1ccccc1)=CC=C(c1ccccc1)c1ccccc1. The number of rotatable bonds is 7. The lowest BCUT2D eigenvalue weighted by atomic mass is 9.97. The van der Waals surface area contributed by atoms with Gasteiger partial charge in [0.1, 0.15) is 0 Å². The molecule has 0 nitrogen and oxygen atoms in total. The highest BCUT2D eigenvalue weighted by Crippen LogP contribution is 2.24. The van der Waals surface area contributed by atoms with E-state index in [-0.39, 0.29) is 0 Å². The van der Waals surface area contributed by atoms with Gasteiger partial charge >= 0.3 is 0 Å². The fourth-order valence-electron chi connectivity index (χ4n) is 3.62. The van der Waals surface area contributed by atoms with Crippen LogP contribution in [0.2, 0.25) is 0 Å². The first-order valence-corrected chi connectivity index (χ1v) is 10.9. The predicted octanol–water partition coefficient (Wildman–Crippen LogP) is 8.36. The van der Waals surface area contributed by atoms with E-state index in [2.05, 4.69) is 134 Å². The standard InChI is InChI=1S/C32H26/c1(15-25-31(27-17-7-3-8-18-27)28-19-9-4-10-20-28)2-16-26-32(29-21-11-5-12-22-29)30-23-13-6-14-24-30/h1-26H. The highest BCUT2D eigenvalue weighted by Gasteiger charge is 2.03. The van der Waals surface area contributed by atoms with E-state index in [0.717, 1.165) is 0 Å². The Labute approximate surface area is 191 Å². The van der Waals surface area contributed by atoms with Crippen molar-refractivity contribution in [3.63, 3.8) is 0 Å². The Bertz CT molecular complexity index is 1030. The number of benzene rings is 4. The van der Waals surface area contributed by atoms with Gasteiger partial charge in [0.05, 0.1) is 0 Å². The molecule has 0 saturated heterocycles.